The van der Waals surface area contributed by atoms with Crippen molar-refractivity contribution in [3.8, 4) is 17.2 Å². The van der Waals surface area contributed by atoms with Crippen LogP contribution in [0.15, 0.2) is 34.9 Å². The van der Waals surface area contributed by atoms with E-state index in [1.54, 1.807) is 13.4 Å². The van der Waals surface area contributed by atoms with Crippen LogP contribution in [-0.2, 0) is 0 Å². The first-order chi connectivity index (χ1) is 8.70. The molecule has 0 aliphatic heterocycles. The molecule has 3 rings (SSSR count). The molecular weight excluding hydrogens is 228 g/mol. The van der Waals surface area contributed by atoms with Crippen molar-refractivity contribution >= 4 is 16.6 Å². The number of methoxy groups -OCH3 is 1. The normalized spacial score (nSPS) is 11.0. The summed E-state index contributed by atoms with van der Waals surface area (Å²) in [5.74, 6) is 1.50. The van der Waals surface area contributed by atoms with Crippen LogP contribution < -0.4 is 10.5 Å². The maximum Gasteiger partial charge on any atom is 0.151 e. The average molecular weight is 242 g/mol. The molecule has 92 valence electrons. The van der Waals surface area contributed by atoms with Crippen molar-refractivity contribution in [2.45, 2.75) is 6.92 Å². The van der Waals surface area contributed by atoms with E-state index < -0.39 is 0 Å². The third-order valence-corrected chi connectivity index (χ3v) is 3.08. The van der Waals surface area contributed by atoms with Crippen LogP contribution in [-0.4, -0.2) is 12.1 Å². The highest BCUT2D eigenvalue weighted by atomic mass is 16.5. The van der Waals surface area contributed by atoms with E-state index in [2.05, 4.69) is 4.98 Å². The van der Waals surface area contributed by atoms with E-state index in [9.17, 15) is 0 Å². The fraction of sp³-hybridized carbons (Fsp3) is 0.143. The van der Waals surface area contributed by atoms with Gasteiger partial charge in [0.15, 0.2) is 5.75 Å². The second-order valence-corrected chi connectivity index (χ2v) is 4.26. The summed E-state index contributed by atoms with van der Waals surface area (Å²) in [6, 6.07) is 7.68. The second kappa shape index (κ2) is 3.84. The molecule has 0 saturated carbocycles. The summed E-state index contributed by atoms with van der Waals surface area (Å²) in [5.41, 5.74) is 9.63. The van der Waals surface area contributed by atoms with Gasteiger partial charge in [-0.15, -0.1) is 0 Å². The van der Waals surface area contributed by atoms with E-state index in [1.165, 1.54) is 0 Å². The van der Waals surface area contributed by atoms with Crippen molar-refractivity contribution in [3.63, 3.8) is 0 Å². The van der Waals surface area contributed by atoms with Crippen molar-refractivity contribution in [3.05, 3.63) is 36.1 Å². The Morgan fingerprint density at radius 1 is 1.33 bits per heavy atom. The maximum atomic E-state index is 5.96. The van der Waals surface area contributed by atoms with Crippen LogP contribution in [0.1, 0.15) is 5.56 Å². The summed E-state index contributed by atoms with van der Waals surface area (Å²) in [6.45, 7) is 2.01. The van der Waals surface area contributed by atoms with E-state index in [0.29, 0.717) is 11.4 Å². The molecule has 1 aromatic carbocycles. The van der Waals surface area contributed by atoms with Crippen LogP contribution >= 0.6 is 0 Å². The number of furan rings is 1. The molecule has 0 fully saturated rings. The predicted molar refractivity (Wildman–Crippen MR) is 71.7 cm³/mol. The number of H-pyrrole nitrogens is 1. The molecule has 0 atom stereocenters. The number of anilines is 1. The van der Waals surface area contributed by atoms with Crippen LogP contribution in [0.2, 0.25) is 0 Å². The van der Waals surface area contributed by atoms with Gasteiger partial charge in [-0.2, -0.15) is 0 Å². The van der Waals surface area contributed by atoms with Gasteiger partial charge in [-0.05, 0) is 36.8 Å². The molecule has 0 bridgehead atoms. The van der Waals surface area contributed by atoms with Crippen LogP contribution in [0.4, 0.5) is 5.69 Å². The number of hydrogen-bond donors (Lipinski definition) is 2. The van der Waals surface area contributed by atoms with Gasteiger partial charge in [0.2, 0.25) is 0 Å². The molecule has 0 amide bonds. The Labute approximate surface area is 104 Å². The Bertz CT molecular complexity index is 696. The van der Waals surface area contributed by atoms with Crippen molar-refractivity contribution in [1.82, 2.24) is 4.98 Å². The molecule has 0 radical (unpaired) electrons. The molecule has 4 nitrogen and oxygen atoms in total. The lowest BCUT2D eigenvalue weighted by molar-refractivity contribution is 0.422. The van der Waals surface area contributed by atoms with E-state index in [4.69, 9.17) is 14.9 Å². The lowest BCUT2D eigenvalue weighted by atomic mass is 10.1. The van der Waals surface area contributed by atoms with Gasteiger partial charge in [0.05, 0.1) is 30.3 Å². The van der Waals surface area contributed by atoms with Gasteiger partial charge in [-0.1, -0.05) is 0 Å². The number of rotatable bonds is 2. The Kier molecular flexibility index (Phi) is 2.30. The summed E-state index contributed by atoms with van der Waals surface area (Å²) < 4.78 is 10.8. The van der Waals surface area contributed by atoms with Gasteiger partial charge in [0, 0.05) is 5.39 Å². The predicted octanol–water partition coefficient (Wildman–Crippen LogP) is 3.33. The zero-order chi connectivity index (χ0) is 12.7. The Morgan fingerprint density at radius 3 is 2.83 bits per heavy atom. The van der Waals surface area contributed by atoms with Crippen LogP contribution in [0.3, 0.4) is 0 Å². The SMILES string of the molecule is COc1c(N)cc(C)c2[nH]c(-c3ccco3)cc12. The quantitative estimate of drug-likeness (QED) is 0.677. The van der Waals surface area contributed by atoms with Gasteiger partial charge < -0.3 is 19.9 Å². The van der Waals surface area contributed by atoms with E-state index >= 15 is 0 Å². The number of nitrogen functional groups attached to an aromatic ring is 1. The molecule has 3 aromatic rings. The number of benzene rings is 1. The number of fused-ring (bicyclic) bond motifs is 1. The molecule has 2 heterocycles. The average Bonchev–Trinajstić information content (AvgIpc) is 2.97. The number of ether oxygens (including phenoxy) is 1. The summed E-state index contributed by atoms with van der Waals surface area (Å²) in [7, 11) is 1.63. The third kappa shape index (κ3) is 1.46. The maximum absolute atomic E-state index is 5.96. The minimum Gasteiger partial charge on any atom is -0.494 e. The lowest BCUT2D eigenvalue weighted by Gasteiger charge is -2.07. The highest BCUT2D eigenvalue weighted by Gasteiger charge is 2.13. The van der Waals surface area contributed by atoms with Gasteiger partial charge in [-0.3, -0.25) is 0 Å². The van der Waals surface area contributed by atoms with Gasteiger partial charge in [0.25, 0.3) is 0 Å². The summed E-state index contributed by atoms with van der Waals surface area (Å²) in [4.78, 5) is 3.34. The zero-order valence-corrected chi connectivity index (χ0v) is 10.3. The van der Waals surface area contributed by atoms with Crippen molar-refractivity contribution in [1.29, 1.82) is 0 Å². The minimum atomic E-state index is 0.646. The molecule has 0 unspecified atom stereocenters. The van der Waals surface area contributed by atoms with Gasteiger partial charge in [-0.25, -0.2) is 0 Å². The molecular formula is C14H14N2O2. The number of nitrogens with one attached hydrogen (secondary N) is 1. The molecule has 4 heteroatoms. The second-order valence-electron chi connectivity index (χ2n) is 4.26. The van der Waals surface area contributed by atoms with E-state index in [1.807, 2.05) is 31.2 Å². The van der Waals surface area contributed by atoms with Crippen LogP contribution in [0.5, 0.6) is 5.75 Å². The first-order valence-electron chi connectivity index (χ1n) is 5.70. The van der Waals surface area contributed by atoms with Gasteiger partial charge in [0.1, 0.15) is 5.76 Å². The standard InChI is InChI=1S/C14H14N2O2/c1-8-6-10(15)14(17-2)9-7-11(16-13(8)9)12-4-3-5-18-12/h3-7,16H,15H2,1-2H3. The molecule has 18 heavy (non-hydrogen) atoms. The fourth-order valence-electron chi connectivity index (χ4n) is 2.26. The minimum absolute atomic E-state index is 0.646. The van der Waals surface area contributed by atoms with Gasteiger partial charge >= 0.3 is 0 Å². The molecule has 0 spiro atoms. The zero-order valence-electron chi connectivity index (χ0n) is 10.3. The van der Waals surface area contributed by atoms with Crippen molar-refractivity contribution < 1.29 is 9.15 Å². The van der Waals surface area contributed by atoms with E-state index in [0.717, 1.165) is 27.9 Å². The van der Waals surface area contributed by atoms with Crippen molar-refractivity contribution in [2.75, 3.05) is 12.8 Å². The Balaban J connectivity index is 2.32. The van der Waals surface area contributed by atoms with Crippen molar-refractivity contribution in [2.24, 2.45) is 0 Å². The van der Waals surface area contributed by atoms with Crippen LogP contribution in [0, 0.1) is 6.92 Å². The largest absolute Gasteiger partial charge is 0.494 e. The third-order valence-electron chi connectivity index (χ3n) is 3.08. The molecule has 3 N–H and O–H groups in total. The Hall–Kier alpha value is -2.36. The highest BCUT2D eigenvalue weighted by molar-refractivity contribution is 5.96. The topological polar surface area (TPSA) is 64.2 Å². The first kappa shape index (κ1) is 10.8. The van der Waals surface area contributed by atoms with E-state index in [-0.39, 0.29) is 0 Å². The number of aromatic amines is 1. The summed E-state index contributed by atoms with van der Waals surface area (Å²) in [5, 5.41) is 0.974. The molecule has 0 aliphatic carbocycles. The summed E-state index contributed by atoms with van der Waals surface area (Å²) >= 11 is 0. The lowest BCUT2D eigenvalue weighted by Crippen LogP contribution is -1.93. The Morgan fingerprint density at radius 2 is 2.17 bits per heavy atom. The number of aromatic nitrogens is 1. The molecule has 2 aromatic heterocycles. The smallest absolute Gasteiger partial charge is 0.151 e. The number of hydrogen-bond acceptors (Lipinski definition) is 3. The molecule has 0 aliphatic rings. The summed E-state index contributed by atoms with van der Waals surface area (Å²) in [6.07, 6.45) is 1.65. The number of aryl methyl sites for hydroxylation is 1. The monoisotopic (exact) mass is 242 g/mol. The van der Waals surface area contributed by atoms with Crippen LogP contribution in [0.25, 0.3) is 22.4 Å². The first-order valence-corrected chi connectivity index (χ1v) is 5.70. The molecule has 0 saturated heterocycles. The number of nitrogens with two attached hydrogens (primary N) is 1. The highest BCUT2D eigenvalue weighted by Crippen LogP contribution is 2.36. The fourth-order valence-corrected chi connectivity index (χ4v) is 2.26.